The molecule has 0 aliphatic heterocycles. The Morgan fingerprint density at radius 3 is 1.69 bits per heavy atom. The van der Waals surface area contributed by atoms with Crippen molar-refractivity contribution in [1.29, 1.82) is 0 Å². The van der Waals surface area contributed by atoms with Gasteiger partial charge in [-0.25, -0.2) is 0 Å². The normalized spacial score (nSPS) is 11.8. The standard InChI is InChI=1S/C60H37NO2S/c1-5-16-38(17-6-1)42-28-30-49-54(36-42)63-59-45(40-20-9-3-10-21-40)33-34-51(57(49)59)61(52-26-15-25-48-47-24-13-14-27-53(47)62-58(48)52)43-29-35-55-50(37-43)56-44(39-18-7-2-8-19-39)31-32-46(60(56)64-55)41-22-11-4-12-23-41/h1-37H. The molecule has 0 N–H and O–H groups in total. The fraction of sp³-hybridized carbons (Fsp3) is 0. The van der Waals surface area contributed by atoms with Gasteiger partial charge in [-0.3, -0.25) is 0 Å². The van der Waals surface area contributed by atoms with E-state index in [1.54, 1.807) is 0 Å². The van der Waals surface area contributed by atoms with E-state index in [4.69, 9.17) is 8.83 Å². The third-order valence-corrected chi connectivity index (χ3v) is 13.9. The molecule has 10 aromatic carbocycles. The average molecular weight is 836 g/mol. The van der Waals surface area contributed by atoms with Gasteiger partial charge in [0.05, 0.1) is 16.8 Å². The summed E-state index contributed by atoms with van der Waals surface area (Å²) in [6, 6.07) is 80.2. The molecule has 3 nitrogen and oxygen atoms in total. The Morgan fingerprint density at radius 1 is 0.328 bits per heavy atom. The Balaban J connectivity index is 1.13. The van der Waals surface area contributed by atoms with Gasteiger partial charge in [0.15, 0.2) is 5.58 Å². The number of hydrogen-bond donors (Lipinski definition) is 0. The Bertz CT molecular complexity index is 3890. The number of thiophene rings is 1. The van der Waals surface area contributed by atoms with E-state index in [2.05, 4.69) is 223 Å². The zero-order chi connectivity index (χ0) is 42.1. The molecule has 13 rings (SSSR count). The van der Waals surface area contributed by atoms with Crippen molar-refractivity contribution in [3.8, 4) is 44.5 Å². The van der Waals surface area contributed by atoms with Gasteiger partial charge in [0.25, 0.3) is 0 Å². The minimum absolute atomic E-state index is 0.828. The molecule has 4 heteroatoms. The molecule has 0 bridgehead atoms. The summed E-state index contributed by atoms with van der Waals surface area (Å²) in [4.78, 5) is 2.40. The average Bonchev–Trinajstić information content (AvgIpc) is 4.07. The molecule has 0 atom stereocenters. The molecular formula is C60H37NO2S. The Hall–Kier alpha value is -8.18. The third-order valence-electron chi connectivity index (χ3n) is 12.7. The Labute approximate surface area is 373 Å². The van der Waals surface area contributed by atoms with E-state index in [0.29, 0.717) is 0 Å². The largest absolute Gasteiger partial charge is 0.455 e. The van der Waals surface area contributed by atoms with Crippen LogP contribution in [-0.4, -0.2) is 0 Å². The monoisotopic (exact) mass is 835 g/mol. The van der Waals surface area contributed by atoms with Crippen molar-refractivity contribution >= 4 is 92.4 Å². The summed E-state index contributed by atoms with van der Waals surface area (Å²) in [6.45, 7) is 0. The van der Waals surface area contributed by atoms with E-state index in [1.807, 2.05) is 17.4 Å². The van der Waals surface area contributed by atoms with Crippen molar-refractivity contribution in [2.75, 3.05) is 4.90 Å². The molecule has 3 aromatic heterocycles. The predicted molar refractivity (Wildman–Crippen MR) is 270 cm³/mol. The lowest BCUT2D eigenvalue weighted by atomic mass is 9.94. The van der Waals surface area contributed by atoms with Gasteiger partial charge >= 0.3 is 0 Å². The van der Waals surface area contributed by atoms with Crippen LogP contribution in [-0.2, 0) is 0 Å². The molecule has 0 amide bonds. The molecule has 0 radical (unpaired) electrons. The lowest BCUT2D eigenvalue weighted by Gasteiger charge is -2.27. The smallest absolute Gasteiger partial charge is 0.159 e. The molecule has 0 spiro atoms. The first kappa shape index (κ1) is 36.5. The Morgan fingerprint density at radius 2 is 0.938 bits per heavy atom. The van der Waals surface area contributed by atoms with Crippen molar-refractivity contribution < 1.29 is 8.83 Å². The van der Waals surface area contributed by atoms with Crippen LogP contribution in [0.5, 0.6) is 0 Å². The van der Waals surface area contributed by atoms with Crippen LogP contribution < -0.4 is 4.90 Å². The van der Waals surface area contributed by atoms with Gasteiger partial charge in [0.1, 0.15) is 16.7 Å². The molecule has 13 aromatic rings. The lowest BCUT2D eigenvalue weighted by Crippen LogP contribution is -2.10. The highest BCUT2D eigenvalue weighted by molar-refractivity contribution is 7.26. The molecule has 0 saturated heterocycles. The van der Waals surface area contributed by atoms with Gasteiger partial charge in [-0.1, -0.05) is 170 Å². The Kier molecular flexibility index (Phi) is 8.40. The zero-order valence-corrected chi connectivity index (χ0v) is 35.4. The molecule has 0 aliphatic rings. The van der Waals surface area contributed by atoms with Crippen molar-refractivity contribution in [2.24, 2.45) is 0 Å². The summed E-state index contributed by atoms with van der Waals surface area (Å²) in [7, 11) is 0. The van der Waals surface area contributed by atoms with Crippen LogP contribution in [0.3, 0.4) is 0 Å². The molecular weight excluding hydrogens is 799 g/mol. The van der Waals surface area contributed by atoms with Crippen molar-refractivity contribution in [2.45, 2.75) is 0 Å². The lowest BCUT2D eigenvalue weighted by molar-refractivity contribution is 0.668. The maximum absolute atomic E-state index is 7.09. The van der Waals surface area contributed by atoms with E-state index in [9.17, 15) is 0 Å². The number of rotatable bonds is 7. The first-order valence-corrected chi connectivity index (χ1v) is 22.5. The van der Waals surface area contributed by atoms with Crippen molar-refractivity contribution in [3.05, 3.63) is 224 Å². The summed E-state index contributed by atoms with van der Waals surface area (Å²) >= 11 is 1.86. The van der Waals surface area contributed by atoms with E-state index >= 15 is 0 Å². The van der Waals surface area contributed by atoms with Crippen LogP contribution in [0, 0.1) is 0 Å². The van der Waals surface area contributed by atoms with Crippen molar-refractivity contribution in [3.63, 3.8) is 0 Å². The summed E-state index contributed by atoms with van der Waals surface area (Å²) in [5, 5.41) is 6.70. The molecule has 0 fully saturated rings. The van der Waals surface area contributed by atoms with Crippen LogP contribution in [0.1, 0.15) is 0 Å². The van der Waals surface area contributed by atoms with Crippen LogP contribution in [0.15, 0.2) is 233 Å². The summed E-state index contributed by atoms with van der Waals surface area (Å²) < 4.78 is 16.5. The van der Waals surface area contributed by atoms with Gasteiger partial charge in [-0.2, -0.15) is 0 Å². The minimum Gasteiger partial charge on any atom is -0.455 e. The van der Waals surface area contributed by atoms with Gasteiger partial charge in [-0.05, 0) is 93.5 Å². The molecule has 3 heterocycles. The topological polar surface area (TPSA) is 29.5 Å². The maximum Gasteiger partial charge on any atom is 0.159 e. The quantitative estimate of drug-likeness (QED) is 0.160. The second-order valence-electron chi connectivity index (χ2n) is 16.3. The number of furan rings is 2. The number of nitrogens with zero attached hydrogens (tertiary/aromatic N) is 1. The van der Waals surface area contributed by atoms with E-state index in [0.717, 1.165) is 83.2 Å². The van der Waals surface area contributed by atoms with Gasteiger partial charge in [0, 0.05) is 47.6 Å². The molecule has 300 valence electrons. The molecule has 0 aliphatic carbocycles. The fourth-order valence-corrected chi connectivity index (χ4v) is 11.0. The first-order valence-electron chi connectivity index (χ1n) is 21.7. The fourth-order valence-electron chi connectivity index (χ4n) is 9.73. The first-order chi connectivity index (χ1) is 31.7. The van der Waals surface area contributed by atoms with Gasteiger partial charge in [0.2, 0.25) is 0 Å². The van der Waals surface area contributed by atoms with Crippen LogP contribution >= 0.6 is 11.3 Å². The summed E-state index contributed by atoms with van der Waals surface area (Å²) in [5.41, 5.74) is 15.6. The molecule has 0 unspecified atom stereocenters. The van der Waals surface area contributed by atoms with E-state index in [-0.39, 0.29) is 0 Å². The number of fused-ring (bicyclic) bond motifs is 9. The SMILES string of the molecule is c1ccc(-c2ccc3c(c2)oc2c(-c4ccccc4)ccc(N(c4ccc5sc6c(-c7ccccc7)ccc(-c7ccccc7)c6c5c4)c4cccc5c4oc4ccccc45)c23)cc1. The number of hydrogen-bond acceptors (Lipinski definition) is 4. The van der Waals surface area contributed by atoms with Gasteiger partial charge < -0.3 is 13.7 Å². The zero-order valence-electron chi connectivity index (χ0n) is 34.5. The number of anilines is 3. The molecule has 64 heavy (non-hydrogen) atoms. The molecule has 0 saturated carbocycles. The highest BCUT2D eigenvalue weighted by atomic mass is 32.1. The maximum atomic E-state index is 7.09. The van der Waals surface area contributed by atoms with Crippen LogP contribution in [0.4, 0.5) is 17.1 Å². The third kappa shape index (κ3) is 5.81. The number of para-hydroxylation sites is 2. The summed E-state index contributed by atoms with van der Waals surface area (Å²) in [5.74, 6) is 0. The predicted octanol–water partition coefficient (Wildman–Crippen LogP) is 18.0. The van der Waals surface area contributed by atoms with Crippen molar-refractivity contribution in [1.82, 2.24) is 0 Å². The van der Waals surface area contributed by atoms with Crippen LogP contribution in [0.2, 0.25) is 0 Å². The van der Waals surface area contributed by atoms with E-state index < -0.39 is 0 Å². The summed E-state index contributed by atoms with van der Waals surface area (Å²) in [6.07, 6.45) is 0. The van der Waals surface area contributed by atoms with Gasteiger partial charge in [-0.15, -0.1) is 11.3 Å². The second kappa shape index (κ2) is 14.7. The minimum atomic E-state index is 0.828. The van der Waals surface area contributed by atoms with Crippen LogP contribution in [0.25, 0.3) is 109 Å². The number of benzene rings is 10. The second-order valence-corrected chi connectivity index (χ2v) is 17.4. The highest BCUT2D eigenvalue weighted by Gasteiger charge is 2.26. The van der Waals surface area contributed by atoms with E-state index in [1.165, 1.54) is 42.4 Å². The highest BCUT2D eigenvalue weighted by Crippen LogP contribution is 2.51.